The normalized spacial score (nSPS) is 11.1. The maximum Gasteiger partial charge on any atom is 0.263 e. The highest BCUT2D eigenvalue weighted by Gasteiger charge is 2.28. The molecule has 0 aliphatic heterocycles. The summed E-state index contributed by atoms with van der Waals surface area (Å²) >= 11 is 11.6. The lowest BCUT2D eigenvalue weighted by Gasteiger charge is -2.12. The maximum atomic E-state index is 11.5. The first-order valence-electron chi connectivity index (χ1n) is 3.53. The molecule has 0 radical (unpaired) electrons. The average Bonchev–Trinajstić information content (AvgIpc) is 2.07. The monoisotopic (exact) mass is 495 g/mol. The SMILES string of the molecule is O=C(Nc1ccc(I)cc1)C(Br)(Br)Br. The molecule has 0 aliphatic carbocycles. The van der Waals surface area contributed by atoms with Gasteiger partial charge < -0.3 is 5.32 Å². The Hall–Kier alpha value is 0.860. The van der Waals surface area contributed by atoms with Gasteiger partial charge in [-0.25, -0.2) is 0 Å². The summed E-state index contributed by atoms with van der Waals surface area (Å²) in [6.07, 6.45) is 0. The van der Waals surface area contributed by atoms with Crippen molar-refractivity contribution in [2.45, 2.75) is 2.14 Å². The van der Waals surface area contributed by atoms with Crippen LogP contribution in [0.5, 0.6) is 0 Å². The fourth-order valence-electron chi connectivity index (χ4n) is 0.735. The molecule has 0 saturated carbocycles. The van der Waals surface area contributed by atoms with Gasteiger partial charge >= 0.3 is 0 Å². The first-order valence-corrected chi connectivity index (χ1v) is 6.99. The fourth-order valence-corrected chi connectivity index (χ4v) is 1.39. The third kappa shape index (κ3) is 4.16. The lowest BCUT2D eigenvalue weighted by molar-refractivity contribution is -0.114. The van der Waals surface area contributed by atoms with Gasteiger partial charge in [0.25, 0.3) is 5.91 Å². The lowest BCUT2D eigenvalue weighted by atomic mass is 10.3. The van der Waals surface area contributed by atoms with Crippen LogP contribution in [0.4, 0.5) is 5.69 Å². The molecular formula is C8H5Br3INO. The summed E-state index contributed by atoms with van der Waals surface area (Å²) in [5.41, 5.74) is 0.762. The molecule has 14 heavy (non-hydrogen) atoms. The predicted molar refractivity (Wildman–Crippen MR) is 77.3 cm³/mol. The van der Waals surface area contributed by atoms with Crippen LogP contribution in [0, 0.1) is 3.57 Å². The van der Waals surface area contributed by atoms with E-state index in [-0.39, 0.29) is 5.91 Å². The van der Waals surface area contributed by atoms with Crippen LogP contribution < -0.4 is 5.32 Å². The zero-order chi connectivity index (χ0) is 10.8. The molecule has 6 heteroatoms. The van der Waals surface area contributed by atoms with E-state index in [2.05, 4.69) is 75.7 Å². The molecule has 0 unspecified atom stereocenters. The van der Waals surface area contributed by atoms with Gasteiger partial charge in [-0.05, 0) is 94.6 Å². The molecule has 1 rings (SSSR count). The Kier molecular flexibility index (Phi) is 4.86. The smallest absolute Gasteiger partial charge is 0.263 e. The van der Waals surface area contributed by atoms with Crippen LogP contribution in [-0.4, -0.2) is 8.05 Å². The first-order chi connectivity index (χ1) is 6.39. The van der Waals surface area contributed by atoms with E-state index in [1.54, 1.807) is 0 Å². The van der Waals surface area contributed by atoms with Crippen molar-refractivity contribution in [3.63, 3.8) is 0 Å². The van der Waals surface area contributed by atoms with Crippen molar-refractivity contribution in [1.29, 1.82) is 0 Å². The van der Waals surface area contributed by atoms with Crippen LogP contribution >= 0.6 is 70.4 Å². The summed E-state index contributed by atoms with van der Waals surface area (Å²) in [5.74, 6) is -0.210. The number of hydrogen-bond donors (Lipinski definition) is 1. The number of rotatable bonds is 1. The molecular weight excluding hydrogens is 493 g/mol. The molecule has 2 nitrogen and oxygen atoms in total. The molecule has 0 saturated heterocycles. The number of carbonyl (C=O) groups excluding carboxylic acids is 1. The van der Waals surface area contributed by atoms with Gasteiger partial charge in [0.1, 0.15) is 0 Å². The van der Waals surface area contributed by atoms with E-state index in [4.69, 9.17) is 0 Å². The Bertz CT molecular complexity index is 333. The Morgan fingerprint density at radius 2 is 1.71 bits per heavy atom. The van der Waals surface area contributed by atoms with Gasteiger partial charge in [-0.15, -0.1) is 0 Å². The third-order valence-electron chi connectivity index (χ3n) is 1.36. The maximum absolute atomic E-state index is 11.5. The van der Waals surface area contributed by atoms with E-state index < -0.39 is 2.14 Å². The lowest BCUT2D eigenvalue weighted by Crippen LogP contribution is -2.25. The Labute approximate surface area is 121 Å². The van der Waals surface area contributed by atoms with Crippen molar-refractivity contribution in [3.8, 4) is 0 Å². The van der Waals surface area contributed by atoms with Crippen molar-refractivity contribution in [2.24, 2.45) is 0 Å². The molecule has 1 amide bonds. The minimum absolute atomic E-state index is 0.210. The number of alkyl halides is 3. The van der Waals surface area contributed by atoms with Gasteiger partial charge in [0.15, 0.2) is 0 Å². The van der Waals surface area contributed by atoms with Gasteiger partial charge in [-0.1, -0.05) is 0 Å². The average molecular weight is 498 g/mol. The van der Waals surface area contributed by atoms with Gasteiger partial charge in [0, 0.05) is 9.26 Å². The van der Waals surface area contributed by atoms with E-state index in [1.807, 2.05) is 24.3 Å². The molecule has 1 N–H and O–H groups in total. The molecule has 0 aromatic heterocycles. The van der Waals surface area contributed by atoms with Crippen LogP contribution in [-0.2, 0) is 4.79 Å². The van der Waals surface area contributed by atoms with E-state index in [1.165, 1.54) is 0 Å². The molecule has 0 heterocycles. The summed E-state index contributed by atoms with van der Waals surface area (Å²) in [5, 5.41) is 2.73. The number of hydrogen-bond acceptors (Lipinski definition) is 1. The molecule has 1 aromatic rings. The summed E-state index contributed by atoms with van der Waals surface area (Å²) in [4.78, 5) is 11.5. The summed E-state index contributed by atoms with van der Waals surface area (Å²) < 4.78 is 0.221. The van der Waals surface area contributed by atoms with E-state index in [9.17, 15) is 4.79 Å². The molecule has 0 aliphatic rings. The summed E-state index contributed by atoms with van der Waals surface area (Å²) in [6, 6.07) is 7.54. The molecule has 0 fully saturated rings. The van der Waals surface area contributed by atoms with Crippen LogP contribution in [0.1, 0.15) is 0 Å². The molecule has 1 aromatic carbocycles. The molecule has 0 spiro atoms. The second kappa shape index (κ2) is 5.27. The van der Waals surface area contributed by atoms with Gasteiger partial charge in [-0.2, -0.15) is 0 Å². The van der Waals surface area contributed by atoms with Gasteiger partial charge in [0.2, 0.25) is 2.14 Å². The van der Waals surface area contributed by atoms with Crippen molar-refractivity contribution in [1.82, 2.24) is 0 Å². The highest BCUT2D eigenvalue weighted by atomic mass is 127. The van der Waals surface area contributed by atoms with Crippen LogP contribution in [0.3, 0.4) is 0 Å². The van der Waals surface area contributed by atoms with Crippen molar-refractivity contribution >= 4 is 82.0 Å². The third-order valence-corrected chi connectivity index (χ3v) is 3.16. The van der Waals surface area contributed by atoms with Crippen molar-refractivity contribution in [3.05, 3.63) is 27.8 Å². The van der Waals surface area contributed by atoms with E-state index >= 15 is 0 Å². The fraction of sp³-hybridized carbons (Fsp3) is 0.125. The van der Waals surface area contributed by atoms with Crippen LogP contribution in [0.2, 0.25) is 0 Å². The standard InChI is InChI=1S/C8H5Br3INO/c9-8(10,11)7(14)13-6-3-1-5(12)2-4-6/h1-4H,(H,13,14). The predicted octanol–water partition coefficient (Wildman–Crippen LogP) is 4.07. The highest BCUT2D eigenvalue weighted by Crippen LogP contribution is 2.34. The number of nitrogens with one attached hydrogen (secondary N) is 1. The van der Waals surface area contributed by atoms with Gasteiger partial charge in [0.05, 0.1) is 0 Å². The summed E-state index contributed by atoms with van der Waals surface area (Å²) in [7, 11) is 0. The van der Waals surface area contributed by atoms with Crippen molar-refractivity contribution < 1.29 is 4.79 Å². The number of amides is 1. The minimum Gasteiger partial charge on any atom is -0.323 e. The van der Waals surface area contributed by atoms with Crippen molar-refractivity contribution in [2.75, 3.05) is 5.32 Å². The number of anilines is 1. The number of benzene rings is 1. The second-order valence-electron chi connectivity index (χ2n) is 2.46. The van der Waals surface area contributed by atoms with Crippen LogP contribution in [0.25, 0.3) is 0 Å². The van der Waals surface area contributed by atoms with E-state index in [0.29, 0.717) is 0 Å². The first kappa shape index (κ1) is 12.9. The molecule has 76 valence electrons. The number of carbonyl (C=O) groups is 1. The molecule has 0 atom stereocenters. The quantitative estimate of drug-likeness (QED) is 0.460. The van der Waals surface area contributed by atoms with Crippen LogP contribution in [0.15, 0.2) is 24.3 Å². The highest BCUT2D eigenvalue weighted by molar-refractivity contribution is 14.1. The Morgan fingerprint density at radius 1 is 1.21 bits per heavy atom. The summed E-state index contributed by atoms with van der Waals surface area (Å²) in [6.45, 7) is 0. The molecule has 0 bridgehead atoms. The van der Waals surface area contributed by atoms with Gasteiger partial charge in [-0.3, -0.25) is 4.79 Å². The zero-order valence-corrected chi connectivity index (χ0v) is 13.6. The topological polar surface area (TPSA) is 29.1 Å². The van der Waals surface area contributed by atoms with E-state index in [0.717, 1.165) is 9.26 Å². The Morgan fingerprint density at radius 3 is 2.14 bits per heavy atom. The number of halogens is 4. The second-order valence-corrected chi connectivity index (χ2v) is 10.5. The minimum atomic E-state index is -0.907. The largest absolute Gasteiger partial charge is 0.323 e. The Balaban J connectivity index is 2.71. The zero-order valence-electron chi connectivity index (χ0n) is 6.73.